The van der Waals surface area contributed by atoms with E-state index >= 15 is 0 Å². The minimum atomic E-state index is -6.09. The van der Waals surface area contributed by atoms with E-state index in [1.165, 1.54) is 0 Å². The summed E-state index contributed by atoms with van der Waals surface area (Å²) in [5, 5.41) is 0. The van der Waals surface area contributed by atoms with Crippen LogP contribution in [-0.2, 0) is 43.5 Å². The Labute approximate surface area is 226 Å². The van der Waals surface area contributed by atoms with Crippen LogP contribution < -0.4 is 0 Å². The molecule has 0 aliphatic heterocycles. The van der Waals surface area contributed by atoms with Crippen molar-refractivity contribution in [1.29, 1.82) is 0 Å². The van der Waals surface area contributed by atoms with Crippen molar-refractivity contribution in [1.82, 2.24) is 0 Å². The Balaban J connectivity index is 0.000000669. The van der Waals surface area contributed by atoms with Crippen LogP contribution in [0.2, 0.25) is 0 Å². The summed E-state index contributed by atoms with van der Waals surface area (Å²) in [5.74, 6) is 0. The molecule has 37 heavy (non-hydrogen) atoms. The van der Waals surface area contributed by atoms with E-state index in [-0.39, 0.29) is 10.8 Å². The predicted molar refractivity (Wildman–Crippen MR) is 121 cm³/mol. The van der Waals surface area contributed by atoms with Gasteiger partial charge in [0, 0.05) is 0 Å². The van der Waals surface area contributed by atoms with Crippen molar-refractivity contribution in [3.63, 3.8) is 0 Å². The van der Waals surface area contributed by atoms with Crippen molar-refractivity contribution >= 4 is 20.2 Å². The topological polar surface area (TPSA) is 114 Å². The molecule has 2 rings (SSSR count). The van der Waals surface area contributed by atoms with Crippen molar-refractivity contribution in [2.24, 2.45) is 10.8 Å². The molecular weight excluding hydrogens is 630 g/mol. The molecule has 212 valence electrons. The van der Waals surface area contributed by atoms with E-state index in [1.807, 2.05) is 0 Å². The first-order chi connectivity index (χ1) is 15.9. The van der Waals surface area contributed by atoms with Crippen LogP contribution in [0.15, 0.2) is 40.0 Å². The first-order valence-corrected chi connectivity index (χ1v) is 15.8. The third-order valence-corrected chi connectivity index (χ3v) is 14.2. The van der Waals surface area contributed by atoms with Crippen molar-refractivity contribution < 1.29 is 75.5 Å². The average Bonchev–Trinajstić information content (AvgIpc) is 2.90. The molecule has 0 saturated carbocycles. The molecule has 0 atom stereocenters. The van der Waals surface area contributed by atoms with Gasteiger partial charge < -0.3 is 9.11 Å². The van der Waals surface area contributed by atoms with Gasteiger partial charge in [0.05, 0.1) is 0 Å². The Hall–Kier alpha value is -0.757. The average molecular weight is 660 g/mol. The molecule has 0 fully saturated rings. The molecule has 0 aromatic carbocycles. The van der Waals surface area contributed by atoms with Crippen LogP contribution in [0.4, 0.5) is 26.3 Å². The number of alkyl halides is 6. The SMILES string of the molecule is CC1=C(C)C(C)(C)[C]([Zr+2][C]2=C(C)C(C)=C(C)C2(C)C)=C1C.O=S(=O)([O-])C(F)(F)F.O=S(=O)([O-])C(F)(F)F. The fraction of sp³-hybridized carbons (Fsp3) is 0.636. The van der Waals surface area contributed by atoms with Crippen LogP contribution in [0.25, 0.3) is 0 Å². The molecule has 2 aliphatic carbocycles. The summed E-state index contributed by atoms with van der Waals surface area (Å²) >= 11 is -0.730. The molecule has 0 aromatic heterocycles. The summed E-state index contributed by atoms with van der Waals surface area (Å²) in [7, 11) is -12.2. The number of halogens is 6. The van der Waals surface area contributed by atoms with E-state index in [1.54, 1.807) is 40.0 Å². The van der Waals surface area contributed by atoms with Crippen LogP contribution >= 0.6 is 0 Å². The quantitative estimate of drug-likeness (QED) is 0.191. The Bertz CT molecular complexity index is 1170. The zero-order chi connectivity index (χ0) is 30.3. The van der Waals surface area contributed by atoms with E-state index in [9.17, 15) is 26.3 Å². The second kappa shape index (κ2) is 11.4. The standard InChI is InChI=1S/2C10H15.2CHF3O3S.Zr/c2*1-7-6-10(4,5)9(3)8(7)2;2*2-1(3,4)8(5,6)7;/h2*1-5H3;2*(H,5,6,7);/q;;;;+2/p-2. The van der Waals surface area contributed by atoms with Gasteiger partial charge in [-0.2, -0.15) is 26.3 Å². The summed E-state index contributed by atoms with van der Waals surface area (Å²) in [5.41, 5.74) is -1.25. The van der Waals surface area contributed by atoms with Gasteiger partial charge in [0.1, 0.15) is 0 Å². The van der Waals surface area contributed by atoms with Gasteiger partial charge in [0.2, 0.25) is 0 Å². The molecule has 0 aromatic rings. The largest absolute Gasteiger partial charge is 0.741 e. The molecule has 2 aliphatic rings. The van der Waals surface area contributed by atoms with Gasteiger partial charge in [-0.15, -0.1) is 0 Å². The Morgan fingerprint density at radius 2 is 0.757 bits per heavy atom. The fourth-order valence-corrected chi connectivity index (χ4v) is 8.73. The second-order valence-electron chi connectivity index (χ2n) is 9.67. The first kappa shape index (κ1) is 36.2. The zero-order valence-electron chi connectivity index (χ0n) is 22.0. The molecule has 0 radical (unpaired) electrons. The zero-order valence-corrected chi connectivity index (χ0v) is 26.1. The minimum absolute atomic E-state index is 0.286. The van der Waals surface area contributed by atoms with Crippen molar-refractivity contribution in [3.8, 4) is 0 Å². The molecule has 0 N–H and O–H groups in total. The molecular formula is C22H30F6O6S2Zr. The van der Waals surface area contributed by atoms with Gasteiger partial charge in [0.25, 0.3) is 0 Å². The third-order valence-electron chi connectivity index (χ3n) is 6.94. The number of rotatable bonds is 2. The number of allylic oxidation sites excluding steroid dienone is 8. The summed E-state index contributed by atoms with van der Waals surface area (Å²) in [6.07, 6.45) is 0. The summed E-state index contributed by atoms with van der Waals surface area (Å²) in [4.78, 5) is 0. The summed E-state index contributed by atoms with van der Waals surface area (Å²) in [6, 6.07) is 0. The van der Waals surface area contributed by atoms with E-state index in [0.29, 0.717) is 0 Å². The summed E-state index contributed by atoms with van der Waals surface area (Å²) in [6.45, 7) is 23.7. The normalized spacial score (nSPS) is 19.9. The molecule has 0 saturated heterocycles. The third kappa shape index (κ3) is 8.12. The Kier molecular flexibility index (Phi) is 11.2. The van der Waals surface area contributed by atoms with Crippen LogP contribution in [-0.4, -0.2) is 37.0 Å². The first-order valence-electron chi connectivity index (χ1n) is 10.5. The van der Waals surface area contributed by atoms with E-state index in [0.717, 1.165) is 0 Å². The van der Waals surface area contributed by atoms with Crippen molar-refractivity contribution in [2.45, 2.75) is 80.3 Å². The number of hydrogen-bond donors (Lipinski definition) is 0. The maximum absolute atomic E-state index is 10.7. The fourth-order valence-electron chi connectivity index (χ4n) is 3.81. The predicted octanol–water partition coefficient (Wildman–Crippen LogP) is 6.47. The van der Waals surface area contributed by atoms with Gasteiger partial charge in [-0.3, -0.25) is 0 Å². The van der Waals surface area contributed by atoms with Gasteiger partial charge in [-0.25, -0.2) is 16.8 Å². The van der Waals surface area contributed by atoms with Gasteiger partial charge in [0.15, 0.2) is 20.2 Å². The van der Waals surface area contributed by atoms with Gasteiger partial charge in [-0.1, -0.05) is 0 Å². The van der Waals surface area contributed by atoms with Gasteiger partial charge in [-0.05, 0) is 0 Å². The molecule has 6 nitrogen and oxygen atoms in total. The molecule has 0 amide bonds. The van der Waals surface area contributed by atoms with Crippen molar-refractivity contribution in [2.75, 3.05) is 0 Å². The maximum atomic E-state index is 10.7. The molecule has 0 spiro atoms. The molecule has 0 heterocycles. The van der Waals surface area contributed by atoms with E-state index in [2.05, 4.69) is 69.2 Å². The van der Waals surface area contributed by atoms with Crippen molar-refractivity contribution in [3.05, 3.63) is 40.0 Å². The molecule has 0 bridgehead atoms. The monoisotopic (exact) mass is 658 g/mol. The van der Waals surface area contributed by atoms with Crippen LogP contribution in [0.1, 0.15) is 69.2 Å². The van der Waals surface area contributed by atoms with E-state index in [4.69, 9.17) is 25.9 Å². The van der Waals surface area contributed by atoms with Gasteiger partial charge >= 0.3 is 154 Å². The minimum Gasteiger partial charge on any atom is -0.741 e. The molecule has 0 unspecified atom stereocenters. The van der Waals surface area contributed by atoms with Crippen LogP contribution in [0.5, 0.6) is 0 Å². The Morgan fingerprint density at radius 3 is 0.865 bits per heavy atom. The van der Waals surface area contributed by atoms with Crippen LogP contribution in [0, 0.1) is 10.8 Å². The Morgan fingerprint density at radius 1 is 0.568 bits per heavy atom. The summed E-state index contributed by atoms with van der Waals surface area (Å²) < 4.78 is 121. The number of hydrogen-bond acceptors (Lipinski definition) is 6. The smallest absolute Gasteiger partial charge is 0.485 e. The second-order valence-corrected chi connectivity index (χ2v) is 15.5. The van der Waals surface area contributed by atoms with Crippen LogP contribution in [0.3, 0.4) is 0 Å². The van der Waals surface area contributed by atoms with E-state index < -0.39 is 54.5 Å². The maximum Gasteiger partial charge on any atom is 0.485 e. The molecule has 15 heteroatoms.